The van der Waals surface area contributed by atoms with Crippen molar-refractivity contribution in [2.45, 2.75) is 6.10 Å². The molecule has 3 N–H and O–H groups in total. The number of nitrogens with zero attached hydrogens (tertiary/aromatic N) is 2. The van der Waals surface area contributed by atoms with E-state index in [2.05, 4.69) is 5.16 Å². The zero-order chi connectivity index (χ0) is 14.7. The molecule has 1 atom stereocenters. The monoisotopic (exact) mass is 301 g/mol. The van der Waals surface area contributed by atoms with Crippen LogP contribution in [0.1, 0.15) is 10.4 Å². The molecular formula is C12H13ClFN3O3. The first-order chi connectivity index (χ1) is 9.54. The van der Waals surface area contributed by atoms with Gasteiger partial charge in [-0.2, -0.15) is 0 Å². The summed E-state index contributed by atoms with van der Waals surface area (Å²) in [5.41, 5.74) is 5.53. The van der Waals surface area contributed by atoms with E-state index in [1.807, 2.05) is 0 Å². The van der Waals surface area contributed by atoms with Crippen LogP contribution in [-0.4, -0.2) is 47.7 Å². The molecule has 0 radical (unpaired) electrons. The molecule has 1 aliphatic heterocycles. The van der Waals surface area contributed by atoms with Gasteiger partial charge in [0.05, 0.1) is 23.7 Å². The van der Waals surface area contributed by atoms with Crippen molar-refractivity contribution in [1.82, 2.24) is 4.90 Å². The molecule has 6 nitrogen and oxygen atoms in total. The van der Waals surface area contributed by atoms with Crippen LogP contribution in [0, 0.1) is 5.82 Å². The maximum Gasteiger partial charge on any atom is 0.255 e. The number of oxime groups is 1. The minimum atomic E-state index is -0.690. The number of ether oxygens (including phenoxy) is 1. The van der Waals surface area contributed by atoms with E-state index < -0.39 is 17.8 Å². The predicted octanol–water partition coefficient (Wildman–Crippen LogP) is 1.07. The second-order valence-electron chi connectivity index (χ2n) is 4.24. The normalized spacial score (nSPS) is 20.0. The molecule has 2 rings (SSSR count). The average molecular weight is 302 g/mol. The van der Waals surface area contributed by atoms with Gasteiger partial charge >= 0.3 is 0 Å². The van der Waals surface area contributed by atoms with Crippen LogP contribution < -0.4 is 5.73 Å². The van der Waals surface area contributed by atoms with Gasteiger partial charge in [-0.05, 0) is 12.1 Å². The van der Waals surface area contributed by atoms with Gasteiger partial charge in [0, 0.05) is 6.54 Å². The molecule has 0 bridgehead atoms. The summed E-state index contributed by atoms with van der Waals surface area (Å²) in [6, 6.07) is 4.04. The fourth-order valence-electron chi connectivity index (χ4n) is 1.92. The second kappa shape index (κ2) is 6.06. The van der Waals surface area contributed by atoms with Gasteiger partial charge in [0.1, 0.15) is 11.9 Å². The third-order valence-corrected chi connectivity index (χ3v) is 3.37. The maximum atomic E-state index is 13.4. The van der Waals surface area contributed by atoms with Crippen LogP contribution in [-0.2, 0) is 4.74 Å². The van der Waals surface area contributed by atoms with Crippen LogP contribution >= 0.6 is 11.6 Å². The van der Waals surface area contributed by atoms with Gasteiger partial charge in [-0.25, -0.2) is 4.39 Å². The first-order valence-corrected chi connectivity index (χ1v) is 6.24. The Morgan fingerprint density at radius 3 is 3.05 bits per heavy atom. The van der Waals surface area contributed by atoms with Crippen molar-refractivity contribution in [3.63, 3.8) is 0 Å². The largest absolute Gasteiger partial charge is 0.409 e. The van der Waals surface area contributed by atoms with E-state index in [-0.39, 0.29) is 29.6 Å². The molecule has 20 heavy (non-hydrogen) atoms. The van der Waals surface area contributed by atoms with Crippen molar-refractivity contribution >= 4 is 23.3 Å². The third-order valence-electron chi connectivity index (χ3n) is 2.98. The van der Waals surface area contributed by atoms with Crippen molar-refractivity contribution in [2.75, 3.05) is 19.7 Å². The molecule has 1 aromatic carbocycles. The Balaban J connectivity index is 2.19. The van der Waals surface area contributed by atoms with Gasteiger partial charge in [0.2, 0.25) is 0 Å². The summed E-state index contributed by atoms with van der Waals surface area (Å²) < 4.78 is 18.7. The number of halogens is 2. The summed E-state index contributed by atoms with van der Waals surface area (Å²) in [5.74, 6) is -1.19. The lowest BCUT2D eigenvalue weighted by atomic mass is 10.1. The molecular weight excluding hydrogens is 289 g/mol. The minimum absolute atomic E-state index is 0.0758. The second-order valence-corrected chi connectivity index (χ2v) is 4.61. The molecule has 108 valence electrons. The van der Waals surface area contributed by atoms with Crippen LogP contribution in [0.3, 0.4) is 0 Å². The minimum Gasteiger partial charge on any atom is -0.409 e. The molecule has 1 heterocycles. The maximum absolute atomic E-state index is 13.4. The predicted molar refractivity (Wildman–Crippen MR) is 70.5 cm³/mol. The third kappa shape index (κ3) is 2.83. The van der Waals surface area contributed by atoms with Gasteiger partial charge in [-0.3, -0.25) is 4.79 Å². The first kappa shape index (κ1) is 14.5. The molecule has 1 fully saturated rings. The number of carbonyl (C=O) groups excluding carboxylic acids is 1. The van der Waals surface area contributed by atoms with E-state index >= 15 is 0 Å². The molecule has 8 heteroatoms. The molecule has 0 aliphatic carbocycles. The van der Waals surface area contributed by atoms with Crippen molar-refractivity contribution in [1.29, 1.82) is 0 Å². The number of hydrogen-bond acceptors (Lipinski definition) is 4. The Morgan fingerprint density at radius 2 is 2.35 bits per heavy atom. The van der Waals surface area contributed by atoms with E-state index in [9.17, 15) is 9.18 Å². The van der Waals surface area contributed by atoms with Crippen LogP contribution in [0.25, 0.3) is 0 Å². The van der Waals surface area contributed by atoms with E-state index in [1.165, 1.54) is 23.1 Å². The topological polar surface area (TPSA) is 88.2 Å². The van der Waals surface area contributed by atoms with E-state index in [4.69, 9.17) is 27.3 Å². The number of carbonyl (C=O) groups is 1. The Kier molecular flexibility index (Phi) is 4.41. The highest BCUT2D eigenvalue weighted by atomic mass is 35.5. The molecule has 1 aromatic rings. The Morgan fingerprint density at radius 1 is 1.60 bits per heavy atom. The molecule has 1 amide bonds. The van der Waals surface area contributed by atoms with Crippen molar-refractivity contribution < 1.29 is 19.1 Å². The standard InChI is InChI=1S/C12H13ClFN3O3/c13-10-7(2-1-3-8(10)14)12(18)17-4-5-20-9(6-17)11(15)16-19/h1-3,9,19H,4-6H2,(H2,15,16). The number of rotatable bonds is 2. The summed E-state index contributed by atoms with van der Waals surface area (Å²) in [5, 5.41) is 11.3. The fraction of sp³-hybridized carbons (Fsp3) is 0.333. The lowest BCUT2D eigenvalue weighted by Gasteiger charge is -2.32. The zero-order valence-corrected chi connectivity index (χ0v) is 11.2. The highest BCUT2D eigenvalue weighted by Crippen LogP contribution is 2.22. The Bertz CT molecular complexity index is 553. The molecule has 0 saturated carbocycles. The lowest BCUT2D eigenvalue weighted by Crippen LogP contribution is -2.50. The summed E-state index contributed by atoms with van der Waals surface area (Å²) in [6.07, 6.45) is -0.690. The summed E-state index contributed by atoms with van der Waals surface area (Å²) in [6.45, 7) is 0.669. The van der Waals surface area contributed by atoms with Crippen LogP contribution in [0.5, 0.6) is 0 Å². The number of hydrogen-bond donors (Lipinski definition) is 2. The van der Waals surface area contributed by atoms with Gasteiger partial charge in [-0.15, -0.1) is 0 Å². The van der Waals surface area contributed by atoms with E-state index in [0.717, 1.165) is 0 Å². The van der Waals surface area contributed by atoms with E-state index in [0.29, 0.717) is 6.54 Å². The highest BCUT2D eigenvalue weighted by molar-refractivity contribution is 6.34. The van der Waals surface area contributed by atoms with Gasteiger partial charge in [-0.1, -0.05) is 22.8 Å². The van der Waals surface area contributed by atoms with E-state index in [1.54, 1.807) is 0 Å². The SMILES string of the molecule is N/C(=N/O)C1CN(C(=O)c2cccc(F)c2Cl)CCO1. The smallest absolute Gasteiger partial charge is 0.255 e. The average Bonchev–Trinajstić information content (AvgIpc) is 2.48. The number of amidine groups is 1. The molecule has 0 aromatic heterocycles. The number of benzene rings is 1. The highest BCUT2D eigenvalue weighted by Gasteiger charge is 2.29. The van der Waals surface area contributed by atoms with Crippen LogP contribution in [0.15, 0.2) is 23.4 Å². The van der Waals surface area contributed by atoms with Crippen molar-refractivity contribution in [2.24, 2.45) is 10.9 Å². The lowest BCUT2D eigenvalue weighted by molar-refractivity contribution is 0.00675. The van der Waals surface area contributed by atoms with Gasteiger partial charge in [0.15, 0.2) is 5.84 Å². The Hall–Kier alpha value is -1.86. The number of nitrogens with two attached hydrogens (primary N) is 1. The quantitative estimate of drug-likeness (QED) is 0.370. The number of amides is 1. The summed E-state index contributed by atoms with van der Waals surface area (Å²) in [4.78, 5) is 13.7. The zero-order valence-electron chi connectivity index (χ0n) is 10.4. The van der Waals surface area contributed by atoms with Gasteiger partial charge < -0.3 is 20.6 Å². The fourth-order valence-corrected chi connectivity index (χ4v) is 2.12. The van der Waals surface area contributed by atoms with Crippen molar-refractivity contribution in [3.05, 3.63) is 34.6 Å². The summed E-state index contributed by atoms with van der Waals surface area (Å²) in [7, 11) is 0. The first-order valence-electron chi connectivity index (χ1n) is 5.87. The Labute approximate surface area is 119 Å². The summed E-state index contributed by atoms with van der Waals surface area (Å²) >= 11 is 5.79. The molecule has 1 saturated heterocycles. The van der Waals surface area contributed by atoms with Crippen molar-refractivity contribution in [3.8, 4) is 0 Å². The molecule has 1 aliphatic rings. The van der Waals surface area contributed by atoms with Crippen LogP contribution in [0.4, 0.5) is 4.39 Å². The molecule has 1 unspecified atom stereocenters. The van der Waals surface area contributed by atoms with Gasteiger partial charge in [0.25, 0.3) is 5.91 Å². The molecule has 0 spiro atoms. The number of morpholine rings is 1. The van der Waals surface area contributed by atoms with Crippen LogP contribution in [0.2, 0.25) is 5.02 Å².